The van der Waals surface area contributed by atoms with Crippen LogP contribution in [0.4, 0.5) is 0 Å². The van der Waals surface area contributed by atoms with Crippen LogP contribution in [0.3, 0.4) is 0 Å². The standard InChI is InChI=1S/C24H33NO5/c1-18(26)15-30-19(2)16-29-17-22(14-21-8-11-23(27)12-9-21)25-24(28)13-10-20-6-4-3-5-7-20/h3-9,11-12,18-19,22,26-27H,10,13-17H2,1-2H3,(H,25,28)/t18-,19-,22?/m0/s1. The van der Waals surface area contributed by atoms with Crippen LogP contribution in [0.15, 0.2) is 54.6 Å². The van der Waals surface area contributed by atoms with E-state index in [9.17, 15) is 15.0 Å². The lowest BCUT2D eigenvalue weighted by atomic mass is 10.1. The number of rotatable bonds is 13. The molecule has 0 aliphatic rings. The van der Waals surface area contributed by atoms with E-state index in [4.69, 9.17) is 9.47 Å². The molecule has 0 bridgehead atoms. The van der Waals surface area contributed by atoms with Gasteiger partial charge in [0.25, 0.3) is 0 Å². The number of hydrogen-bond donors (Lipinski definition) is 3. The number of amides is 1. The summed E-state index contributed by atoms with van der Waals surface area (Å²) in [6.45, 7) is 4.54. The van der Waals surface area contributed by atoms with Crippen molar-refractivity contribution in [3.05, 3.63) is 65.7 Å². The Morgan fingerprint density at radius 1 is 0.967 bits per heavy atom. The maximum atomic E-state index is 12.5. The second-order valence-corrected chi connectivity index (χ2v) is 7.65. The van der Waals surface area contributed by atoms with Crippen LogP contribution in [-0.2, 0) is 27.1 Å². The molecule has 0 heterocycles. The van der Waals surface area contributed by atoms with Gasteiger partial charge in [-0.1, -0.05) is 42.5 Å². The molecule has 3 atom stereocenters. The molecule has 0 saturated heterocycles. The summed E-state index contributed by atoms with van der Waals surface area (Å²) in [5.74, 6) is 0.187. The Labute approximate surface area is 178 Å². The van der Waals surface area contributed by atoms with Crippen molar-refractivity contribution in [3.8, 4) is 5.75 Å². The highest BCUT2D eigenvalue weighted by Gasteiger charge is 2.15. The van der Waals surface area contributed by atoms with Crippen molar-refractivity contribution in [1.82, 2.24) is 5.32 Å². The number of hydrogen-bond acceptors (Lipinski definition) is 5. The van der Waals surface area contributed by atoms with Gasteiger partial charge in [0, 0.05) is 6.42 Å². The first-order chi connectivity index (χ1) is 14.4. The predicted octanol–water partition coefficient (Wildman–Crippen LogP) is 2.85. The third-order valence-electron chi connectivity index (χ3n) is 4.56. The molecular formula is C24H33NO5. The van der Waals surface area contributed by atoms with E-state index in [2.05, 4.69) is 5.32 Å². The van der Waals surface area contributed by atoms with E-state index in [0.29, 0.717) is 32.5 Å². The maximum Gasteiger partial charge on any atom is 0.220 e. The van der Waals surface area contributed by atoms with Crippen molar-refractivity contribution in [2.24, 2.45) is 0 Å². The van der Waals surface area contributed by atoms with Crippen LogP contribution < -0.4 is 5.32 Å². The topological polar surface area (TPSA) is 88.0 Å². The average molecular weight is 416 g/mol. The Hall–Kier alpha value is -2.41. The summed E-state index contributed by atoms with van der Waals surface area (Å²) in [7, 11) is 0. The number of aliphatic hydroxyl groups is 1. The Balaban J connectivity index is 1.86. The summed E-state index contributed by atoms with van der Waals surface area (Å²) in [5.41, 5.74) is 2.13. The first-order valence-corrected chi connectivity index (χ1v) is 10.4. The molecule has 1 amide bonds. The molecule has 0 fully saturated rings. The Bertz CT molecular complexity index is 733. The SMILES string of the molecule is C[C@H](O)CO[C@@H](C)COCC(Cc1ccc(O)cc1)NC(=O)CCc1ccccc1. The van der Waals surface area contributed by atoms with Crippen LogP contribution in [0.5, 0.6) is 5.75 Å². The number of carbonyl (C=O) groups is 1. The molecule has 164 valence electrons. The van der Waals surface area contributed by atoms with E-state index in [1.807, 2.05) is 49.4 Å². The fraction of sp³-hybridized carbons (Fsp3) is 0.458. The number of aliphatic hydroxyl groups excluding tert-OH is 1. The zero-order valence-electron chi connectivity index (χ0n) is 17.8. The average Bonchev–Trinajstić information content (AvgIpc) is 2.73. The van der Waals surface area contributed by atoms with Crippen molar-refractivity contribution in [2.45, 2.75) is 51.4 Å². The highest BCUT2D eigenvalue weighted by Crippen LogP contribution is 2.12. The first-order valence-electron chi connectivity index (χ1n) is 10.4. The van der Waals surface area contributed by atoms with Crippen molar-refractivity contribution in [3.63, 3.8) is 0 Å². The fourth-order valence-corrected chi connectivity index (χ4v) is 3.00. The van der Waals surface area contributed by atoms with Crippen LogP contribution in [0.2, 0.25) is 0 Å². The predicted molar refractivity (Wildman–Crippen MR) is 116 cm³/mol. The van der Waals surface area contributed by atoms with Gasteiger partial charge in [0.15, 0.2) is 0 Å². The lowest BCUT2D eigenvalue weighted by molar-refractivity contribution is -0.122. The van der Waals surface area contributed by atoms with Crippen molar-refractivity contribution >= 4 is 5.91 Å². The smallest absolute Gasteiger partial charge is 0.220 e. The van der Waals surface area contributed by atoms with Crippen LogP contribution in [0, 0.1) is 0 Å². The number of ether oxygens (including phenoxy) is 2. The second-order valence-electron chi connectivity index (χ2n) is 7.65. The van der Waals surface area contributed by atoms with Crippen molar-refractivity contribution < 1.29 is 24.5 Å². The van der Waals surface area contributed by atoms with Crippen LogP contribution >= 0.6 is 0 Å². The van der Waals surface area contributed by atoms with E-state index in [0.717, 1.165) is 11.1 Å². The highest BCUT2D eigenvalue weighted by atomic mass is 16.5. The minimum atomic E-state index is -0.515. The molecule has 6 heteroatoms. The van der Waals surface area contributed by atoms with E-state index in [1.165, 1.54) is 0 Å². The van der Waals surface area contributed by atoms with Gasteiger partial charge in [-0.15, -0.1) is 0 Å². The normalized spacial score (nSPS) is 14.1. The number of nitrogens with one attached hydrogen (secondary N) is 1. The van der Waals surface area contributed by atoms with Crippen molar-refractivity contribution in [2.75, 3.05) is 19.8 Å². The molecule has 0 radical (unpaired) electrons. The van der Waals surface area contributed by atoms with Gasteiger partial charge in [-0.25, -0.2) is 0 Å². The van der Waals surface area contributed by atoms with E-state index in [-0.39, 0.29) is 30.4 Å². The lowest BCUT2D eigenvalue weighted by Gasteiger charge is -2.21. The van der Waals surface area contributed by atoms with Crippen molar-refractivity contribution in [1.29, 1.82) is 0 Å². The van der Waals surface area contributed by atoms with Gasteiger partial charge in [-0.3, -0.25) is 4.79 Å². The first kappa shape index (κ1) is 23.9. The van der Waals surface area contributed by atoms with Gasteiger partial charge >= 0.3 is 0 Å². The zero-order valence-corrected chi connectivity index (χ0v) is 17.8. The molecular weight excluding hydrogens is 382 g/mol. The molecule has 2 rings (SSSR count). The minimum absolute atomic E-state index is 0.0235. The van der Waals surface area contributed by atoms with E-state index in [1.54, 1.807) is 19.1 Å². The van der Waals surface area contributed by atoms with Crippen LogP contribution in [0.25, 0.3) is 0 Å². The Morgan fingerprint density at radius 2 is 1.67 bits per heavy atom. The molecule has 0 saturated carbocycles. The highest BCUT2D eigenvalue weighted by molar-refractivity contribution is 5.76. The van der Waals surface area contributed by atoms with Gasteiger partial charge in [0.2, 0.25) is 5.91 Å². The monoisotopic (exact) mass is 415 g/mol. The Morgan fingerprint density at radius 3 is 2.33 bits per heavy atom. The third kappa shape index (κ3) is 9.87. The quantitative estimate of drug-likeness (QED) is 0.468. The Kier molecular flexibility index (Phi) is 10.3. The zero-order chi connectivity index (χ0) is 21.8. The number of benzene rings is 2. The molecule has 1 unspecified atom stereocenters. The molecule has 0 aromatic heterocycles. The summed E-state index contributed by atoms with van der Waals surface area (Å²) in [4.78, 5) is 12.5. The summed E-state index contributed by atoms with van der Waals surface area (Å²) < 4.78 is 11.3. The minimum Gasteiger partial charge on any atom is -0.508 e. The molecule has 0 aliphatic carbocycles. The van der Waals surface area contributed by atoms with Gasteiger partial charge in [0.1, 0.15) is 5.75 Å². The van der Waals surface area contributed by atoms with E-state index >= 15 is 0 Å². The molecule has 0 aliphatic heterocycles. The summed E-state index contributed by atoms with van der Waals surface area (Å²) in [6.07, 6.45) is 1.02. The van der Waals surface area contributed by atoms with Crippen LogP contribution in [0.1, 0.15) is 31.4 Å². The van der Waals surface area contributed by atoms with Gasteiger partial charge in [-0.05, 0) is 49.9 Å². The third-order valence-corrected chi connectivity index (χ3v) is 4.56. The summed E-state index contributed by atoms with van der Waals surface area (Å²) >= 11 is 0. The second kappa shape index (κ2) is 13.0. The molecule has 2 aromatic carbocycles. The molecule has 2 aromatic rings. The summed E-state index contributed by atoms with van der Waals surface area (Å²) in [6, 6.07) is 16.7. The number of aromatic hydroxyl groups is 1. The lowest BCUT2D eigenvalue weighted by Crippen LogP contribution is -2.40. The van der Waals surface area contributed by atoms with Gasteiger partial charge in [-0.2, -0.15) is 0 Å². The van der Waals surface area contributed by atoms with E-state index < -0.39 is 6.10 Å². The largest absolute Gasteiger partial charge is 0.508 e. The molecule has 30 heavy (non-hydrogen) atoms. The number of aryl methyl sites for hydroxylation is 1. The number of phenols is 1. The maximum absolute atomic E-state index is 12.5. The van der Waals surface area contributed by atoms with Gasteiger partial charge < -0.3 is 25.0 Å². The summed E-state index contributed by atoms with van der Waals surface area (Å²) in [5, 5.41) is 21.8. The molecule has 0 spiro atoms. The number of phenolic OH excluding ortho intramolecular Hbond substituents is 1. The molecule has 3 N–H and O–H groups in total. The van der Waals surface area contributed by atoms with Gasteiger partial charge in [0.05, 0.1) is 38.1 Å². The van der Waals surface area contributed by atoms with Crippen LogP contribution in [-0.4, -0.2) is 54.2 Å². The molecule has 6 nitrogen and oxygen atoms in total. The number of carbonyl (C=O) groups excluding carboxylic acids is 1. The fourth-order valence-electron chi connectivity index (χ4n) is 3.00.